The van der Waals surface area contributed by atoms with Gasteiger partial charge in [0.15, 0.2) is 0 Å². The van der Waals surface area contributed by atoms with Crippen molar-refractivity contribution in [1.29, 1.82) is 0 Å². The second kappa shape index (κ2) is 11.7. The van der Waals surface area contributed by atoms with E-state index in [0.717, 1.165) is 18.6 Å². The first-order chi connectivity index (χ1) is 17.5. The Kier molecular flexibility index (Phi) is 7.97. The van der Waals surface area contributed by atoms with Gasteiger partial charge in [-0.15, -0.1) is 0 Å². The van der Waals surface area contributed by atoms with Crippen LogP contribution in [0.4, 0.5) is 0 Å². The lowest BCUT2D eigenvalue weighted by molar-refractivity contribution is 0.308. The summed E-state index contributed by atoms with van der Waals surface area (Å²) in [6.07, 6.45) is 6.71. The normalized spacial score (nSPS) is 11.9. The largest absolute Gasteiger partial charge is 0.497 e. The van der Waals surface area contributed by atoms with Crippen LogP contribution in [0.15, 0.2) is 76.4 Å². The maximum absolute atomic E-state index is 12.7. The minimum atomic E-state index is -0.434. The first kappa shape index (κ1) is 24.5. The van der Waals surface area contributed by atoms with Gasteiger partial charge in [0, 0.05) is 0 Å². The van der Waals surface area contributed by atoms with Crippen molar-refractivity contribution in [3.63, 3.8) is 0 Å². The number of benzene rings is 2. The molecule has 36 heavy (non-hydrogen) atoms. The second-order valence-electron chi connectivity index (χ2n) is 8.00. The molecule has 0 amide bonds. The maximum Gasteiger partial charge on any atom is 0.272 e. The summed E-state index contributed by atoms with van der Waals surface area (Å²) in [7, 11) is 1.60. The van der Waals surface area contributed by atoms with Crippen LogP contribution in [0.2, 0.25) is 0 Å². The molecule has 0 aliphatic carbocycles. The highest BCUT2D eigenvalue weighted by atomic mass is 16.5. The van der Waals surface area contributed by atoms with E-state index in [9.17, 15) is 9.59 Å². The number of nitrogens with zero attached hydrogens (tertiary/aromatic N) is 1. The molecule has 8 heteroatoms. The number of hydrogen-bond donors (Lipinski definition) is 2. The lowest BCUT2D eigenvalue weighted by Gasteiger charge is -2.07. The third-order valence-electron chi connectivity index (χ3n) is 5.27. The summed E-state index contributed by atoms with van der Waals surface area (Å²) in [5.74, 6) is 2.63. The molecule has 4 aromatic rings. The number of pyridine rings is 1. The molecule has 2 heterocycles. The van der Waals surface area contributed by atoms with Crippen LogP contribution in [0.3, 0.4) is 0 Å². The molecule has 0 unspecified atom stereocenters. The summed E-state index contributed by atoms with van der Waals surface area (Å²) < 4.78 is 16.6. The van der Waals surface area contributed by atoms with Crippen molar-refractivity contribution in [2.24, 2.45) is 0 Å². The smallest absolute Gasteiger partial charge is 0.272 e. The highest BCUT2D eigenvalue weighted by Gasteiger charge is 2.02. The second-order valence-corrected chi connectivity index (χ2v) is 8.00. The van der Waals surface area contributed by atoms with Gasteiger partial charge in [-0.2, -0.15) is 0 Å². The molecular weight excluding hydrogens is 458 g/mol. The Labute approximate surface area is 207 Å². The predicted octanol–water partition coefficient (Wildman–Crippen LogP) is 3.10. The lowest BCUT2D eigenvalue weighted by Crippen LogP contribution is -2.46. The number of aromatic nitrogens is 3. The minimum Gasteiger partial charge on any atom is -0.497 e. The van der Waals surface area contributed by atoms with Gasteiger partial charge in [0.1, 0.15) is 33.7 Å². The topological polar surface area (TPSA) is 106 Å². The minimum absolute atomic E-state index is 0.112. The van der Waals surface area contributed by atoms with Crippen LogP contribution in [-0.4, -0.2) is 28.7 Å². The molecule has 0 spiro atoms. The molecule has 0 aliphatic rings. The molecule has 184 valence electrons. The zero-order valence-electron chi connectivity index (χ0n) is 20.1. The molecule has 2 aromatic heterocycles. The average Bonchev–Trinajstić information content (AvgIpc) is 2.89. The maximum atomic E-state index is 12.7. The first-order valence-electron chi connectivity index (χ1n) is 11.6. The number of unbranched alkanes of at least 4 members (excludes halogenated alkanes) is 1. The summed E-state index contributed by atoms with van der Waals surface area (Å²) in [6, 6.07) is 17.9. The summed E-state index contributed by atoms with van der Waals surface area (Å²) in [6.45, 7) is 2.72. The third-order valence-corrected chi connectivity index (χ3v) is 5.27. The van der Waals surface area contributed by atoms with E-state index >= 15 is 0 Å². The van der Waals surface area contributed by atoms with E-state index < -0.39 is 11.1 Å². The zero-order valence-corrected chi connectivity index (χ0v) is 20.1. The van der Waals surface area contributed by atoms with E-state index in [2.05, 4.69) is 21.9 Å². The SMILES string of the molecule is CCCCOc1ccc(/C=c2\[nH]c(=O)/c(=C/c3cccc(Oc4ccc(OC)cc4)c3)[nH]c2=O)nc1. The van der Waals surface area contributed by atoms with Crippen LogP contribution in [-0.2, 0) is 0 Å². The van der Waals surface area contributed by atoms with Gasteiger partial charge in [0.2, 0.25) is 0 Å². The van der Waals surface area contributed by atoms with E-state index in [1.54, 1.807) is 74.0 Å². The van der Waals surface area contributed by atoms with Crippen molar-refractivity contribution >= 4 is 12.2 Å². The highest BCUT2D eigenvalue weighted by Crippen LogP contribution is 2.24. The molecule has 0 saturated carbocycles. The van der Waals surface area contributed by atoms with E-state index in [-0.39, 0.29) is 10.7 Å². The van der Waals surface area contributed by atoms with E-state index in [0.29, 0.717) is 35.1 Å². The fraction of sp³-hybridized carbons (Fsp3) is 0.179. The van der Waals surface area contributed by atoms with Crippen molar-refractivity contribution in [2.75, 3.05) is 13.7 Å². The number of nitrogens with one attached hydrogen (secondary N) is 2. The van der Waals surface area contributed by atoms with Gasteiger partial charge in [-0.3, -0.25) is 14.6 Å². The van der Waals surface area contributed by atoms with Gasteiger partial charge in [-0.25, -0.2) is 0 Å². The van der Waals surface area contributed by atoms with Crippen molar-refractivity contribution < 1.29 is 14.2 Å². The van der Waals surface area contributed by atoms with Crippen molar-refractivity contribution in [1.82, 2.24) is 15.0 Å². The average molecular weight is 486 g/mol. The Hall–Kier alpha value is -4.59. The Bertz CT molecular complexity index is 1540. The monoisotopic (exact) mass is 485 g/mol. The summed E-state index contributed by atoms with van der Waals surface area (Å²) in [4.78, 5) is 34.9. The molecule has 4 rings (SSSR count). The van der Waals surface area contributed by atoms with E-state index in [4.69, 9.17) is 14.2 Å². The molecule has 0 radical (unpaired) electrons. The molecule has 0 atom stereocenters. The molecule has 2 aromatic carbocycles. The standard InChI is InChI=1S/C28H27N3O5/c1-3-4-14-35-24-9-8-20(29-18-24)17-26-28(33)30-25(27(32)31-26)16-19-6-5-7-23(15-19)36-22-12-10-21(34-2)11-13-22/h5-13,15-18H,3-4,14H2,1-2H3,(H,30,33)(H,31,32)/b25-16-,26-17-. The van der Waals surface area contributed by atoms with Gasteiger partial charge < -0.3 is 24.2 Å². The van der Waals surface area contributed by atoms with Gasteiger partial charge >= 0.3 is 0 Å². The molecular formula is C28H27N3O5. The Morgan fingerprint density at radius 2 is 1.53 bits per heavy atom. The quantitative estimate of drug-likeness (QED) is 0.353. The summed E-state index contributed by atoms with van der Waals surface area (Å²) >= 11 is 0. The van der Waals surface area contributed by atoms with Crippen molar-refractivity contribution in [3.8, 4) is 23.0 Å². The van der Waals surface area contributed by atoms with Crippen LogP contribution < -0.4 is 36.0 Å². The van der Waals surface area contributed by atoms with Crippen LogP contribution in [0.5, 0.6) is 23.0 Å². The third kappa shape index (κ3) is 6.50. The molecule has 2 N–H and O–H groups in total. The Balaban J connectivity index is 1.55. The number of aromatic amines is 2. The Morgan fingerprint density at radius 3 is 2.19 bits per heavy atom. The van der Waals surface area contributed by atoms with E-state index in [1.807, 2.05) is 6.07 Å². The van der Waals surface area contributed by atoms with Gasteiger partial charge in [0.25, 0.3) is 11.1 Å². The van der Waals surface area contributed by atoms with Crippen LogP contribution in [0.25, 0.3) is 12.2 Å². The molecule has 0 fully saturated rings. The van der Waals surface area contributed by atoms with E-state index in [1.165, 1.54) is 6.08 Å². The van der Waals surface area contributed by atoms with Crippen molar-refractivity contribution in [2.45, 2.75) is 19.8 Å². The van der Waals surface area contributed by atoms with Gasteiger partial charge in [-0.05, 0) is 72.7 Å². The molecule has 0 saturated heterocycles. The van der Waals surface area contributed by atoms with Crippen LogP contribution in [0.1, 0.15) is 31.0 Å². The van der Waals surface area contributed by atoms with Crippen LogP contribution in [0, 0.1) is 0 Å². The predicted molar refractivity (Wildman–Crippen MR) is 138 cm³/mol. The fourth-order valence-electron chi connectivity index (χ4n) is 3.36. The molecule has 8 nitrogen and oxygen atoms in total. The number of hydrogen-bond acceptors (Lipinski definition) is 6. The molecule has 0 aliphatic heterocycles. The highest BCUT2D eigenvalue weighted by molar-refractivity contribution is 5.51. The number of H-pyrrole nitrogens is 2. The summed E-state index contributed by atoms with van der Waals surface area (Å²) in [5.41, 5.74) is 0.358. The molecule has 0 bridgehead atoms. The van der Waals surface area contributed by atoms with Gasteiger partial charge in [-0.1, -0.05) is 25.5 Å². The zero-order chi connectivity index (χ0) is 25.3. The van der Waals surface area contributed by atoms with Crippen molar-refractivity contribution in [3.05, 3.63) is 110 Å². The van der Waals surface area contributed by atoms with Gasteiger partial charge in [0.05, 0.1) is 25.6 Å². The van der Waals surface area contributed by atoms with Crippen LogP contribution >= 0.6 is 0 Å². The Morgan fingerprint density at radius 1 is 0.833 bits per heavy atom. The number of ether oxygens (including phenoxy) is 3. The lowest BCUT2D eigenvalue weighted by atomic mass is 10.2. The first-order valence-corrected chi connectivity index (χ1v) is 11.6. The number of methoxy groups -OCH3 is 1. The fourth-order valence-corrected chi connectivity index (χ4v) is 3.36. The summed E-state index contributed by atoms with van der Waals surface area (Å²) in [5, 5.41) is 0.243. The number of rotatable bonds is 9.